The van der Waals surface area contributed by atoms with Gasteiger partial charge in [-0.05, 0) is 47.4 Å². The van der Waals surface area contributed by atoms with Crippen molar-refractivity contribution in [3.63, 3.8) is 0 Å². The van der Waals surface area contributed by atoms with Gasteiger partial charge >= 0.3 is 0 Å². The molecule has 0 N–H and O–H groups in total. The van der Waals surface area contributed by atoms with Gasteiger partial charge in [-0.3, -0.25) is 0 Å². The van der Waals surface area contributed by atoms with Crippen LogP contribution in [-0.2, 0) is 0 Å². The lowest BCUT2D eigenvalue weighted by Gasteiger charge is -2.25. The van der Waals surface area contributed by atoms with E-state index in [-0.39, 0.29) is 0 Å². The van der Waals surface area contributed by atoms with E-state index >= 15 is 0 Å². The van der Waals surface area contributed by atoms with Gasteiger partial charge in [0.2, 0.25) is 0 Å². The van der Waals surface area contributed by atoms with Crippen molar-refractivity contribution in [2.45, 2.75) is 135 Å². The Morgan fingerprint density at radius 1 is 0.656 bits per heavy atom. The molecular formula is C32H50. The van der Waals surface area contributed by atoms with Crippen LogP contribution in [0.4, 0.5) is 0 Å². The Morgan fingerprint density at radius 3 is 2.00 bits per heavy atom. The molecule has 0 heterocycles. The summed E-state index contributed by atoms with van der Waals surface area (Å²) in [6.07, 6.45) is 27.5. The van der Waals surface area contributed by atoms with Crippen LogP contribution in [0.3, 0.4) is 0 Å². The molecule has 178 valence electrons. The summed E-state index contributed by atoms with van der Waals surface area (Å²) in [4.78, 5) is 0. The van der Waals surface area contributed by atoms with Gasteiger partial charge in [0.05, 0.1) is 0 Å². The van der Waals surface area contributed by atoms with Crippen molar-refractivity contribution in [2.24, 2.45) is 5.92 Å². The summed E-state index contributed by atoms with van der Waals surface area (Å²) in [6.45, 7) is 2.31. The van der Waals surface area contributed by atoms with Crippen molar-refractivity contribution in [1.82, 2.24) is 0 Å². The second-order valence-electron chi connectivity index (χ2n) is 10.7. The van der Waals surface area contributed by atoms with Gasteiger partial charge in [0.25, 0.3) is 0 Å². The molecule has 2 aromatic carbocycles. The average molecular weight is 435 g/mol. The lowest BCUT2D eigenvalue weighted by atomic mass is 9.80. The van der Waals surface area contributed by atoms with E-state index in [1.165, 1.54) is 133 Å². The van der Waals surface area contributed by atoms with Crippen molar-refractivity contribution in [1.29, 1.82) is 0 Å². The van der Waals surface area contributed by atoms with E-state index in [1.54, 1.807) is 5.56 Å². The van der Waals surface area contributed by atoms with Crippen LogP contribution < -0.4 is 0 Å². The highest BCUT2D eigenvalue weighted by Gasteiger charge is 2.19. The maximum Gasteiger partial charge on any atom is -0.0149 e. The first kappa shape index (κ1) is 25.3. The predicted octanol–water partition coefficient (Wildman–Crippen LogP) is 11.0. The van der Waals surface area contributed by atoms with Crippen molar-refractivity contribution < 1.29 is 0 Å². The molecule has 0 heteroatoms. The molecular weight excluding hydrogens is 384 g/mol. The number of hydrogen-bond acceptors (Lipinski definition) is 0. The number of unbranched alkanes of at least 4 members (excludes halogenated alkanes) is 10. The maximum atomic E-state index is 2.44. The summed E-state index contributed by atoms with van der Waals surface area (Å²) < 4.78 is 0. The molecule has 1 aliphatic rings. The summed E-state index contributed by atoms with van der Waals surface area (Å²) in [7, 11) is 0. The number of hydrogen-bond donors (Lipinski definition) is 0. The number of benzene rings is 2. The molecule has 3 rings (SSSR count). The summed E-state index contributed by atoms with van der Waals surface area (Å²) >= 11 is 0. The quantitative estimate of drug-likeness (QED) is 0.230. The third-order valence-corrected chi connectivity index (χ3v) is 8.07. The molecule has 1 saturated carbocycles. The van der Waals surface area contributed by atoms with Gasteiger partial charge in [-0.1, -0.05) is 152 Å². The second kappa shape index (κ2) is 15.5. The lowest BCUT2D eigenvalue weighted by molar-refractivity contribution is 0.319. The van der Waals surface area contributed by atoms with Crippen molar-refractivity contribution >= 4 is 10.8 Å². The minimum Gasteiger partial charge on any atom is -0.0654 e. The first-order chi connectivity index (χ1) is 15.9. The first-order valence-corrected chi connectivity index (χ1v) is 14.4. The van der Waals surface area contributed by atoms with Crippen molar-refractivity contribution in [2.75, 3.05) is 0 Å². The van der Waals surface area contributed by atoms with Crippen LogP contribution in [0.25, 0.3) is 10.8 Å². The molecule has 0 amide bonds. The summed E-state index contributed by atoms with van der Waals surface area (Å²) in [5, 5.41) is 2.93. The zero-order valence-corrected chi connectivity index (χ0v) is 21.1. The summed E-state index contributed by atoms with van der Waals surface area (Å²) in [5.41, 5.74) is 1.63. The topological polar surface area (TPSA) is 0 Å². The normalized spacial score (nSPS) is 15.9. The predicted molar refractivity (Wildman–Crippen MR) is 144 cm³/mol. The van der Waals surface area contributed by atoms with E-state index in [9.17, 15) is 0 Å². The Bertz CT molecular complexity index is 718. The molecule has 1 aliphatic carbocycles. The number of rotatable bonds is 16. The minimum atomic E-state index is 0.751. The van der Waals surface area contributed by atoms with Crippen LogP contribution in [-0.4, -0.2) is 0 Å². The van der Waals surface area contributed by atoms with Crippen LogP contribution in [0.5, 0.6) is 0 Å². The molecule has 0 spiro atoms. The zero-order chi connectivity index (χ0) is 22.3. The molecule has 0 radical (unpaired) electrons. The van der Waals surface area contributed by atoms with Crippen molar-refractivity contribution in [3.8, 4) is 0 Å². The molecule has 1 unspecified atom stereocenters. The fraction of sp³-hybridized carbons (Fsp3) is 0.688. The summed E-state index contributed by atoms with van der Waals surface area (Å²) in [5.74, 6) is 1.75. The third kappa shape index (κ3) is 8.92. The third-order valence-electron chi connectivity index (χ3n) is 8.07. The Balaban J connectivity index is 1.44. The van der Waals surface area contributed by atoms with Crippen LogP contribution in [0.15, 0.2) is 42.5 Å². The van der Waals surface area contributed by atoms with Gasteiger partial charge in [0.1, 0.15) is 0 Å². The molecule has 1 atom stereocenters. The maximum absolute atomic E-state index is 2.44. The van der Waals surface area contributed by atoms with Gasteiger partial charge < -0.3 is 0 Å². The Kier molecular flexibility index (Phi) is 12.3. The van der Waals surface area contributed by atoms with Crippen LogP contribution >= 0.6 is 0 Å². The summed E-state index contributed by atoms with van der Waals surface area (Å²) in [6, 6.07) is 16.1. The molecule has 1 fully saturated rings. The van der Waals surface area contributed by atoms with E-state index in [0.717, 1.165) is 11.8 Å². The largest absolute Gasteiger partial charge is 0.0654 e. The SMILES string of the molecule is CCCCCCCCCCCCCC(CCC1CCCCC1)c1cccc2ccccc12. The standard InChI is InChI=1S/C32H50/c1-2-3-4-5-6-7-8-9-10-11-15-21-30(27-26-28-19-13-12-14-20-28)32-25-18-23-29-22-16-17-24-31(29)32/h16-18,22-25,28,30H,2-15,19-21,26-27H2,1H3. The highest BCUT2D eigenvalue weighted by Crippen LogP contribution is 2.36. The first-order valence-electron chi connectivity index (χ1n) is 14.4. The molecule has 32 heavy (non-hydrogen) atoms. The monoisotopic (exact) mass is 434 g/mol. The van der Waals surface area contributed by atoms with Gasteiger partial charge in [0, 0.05) is 0 Å². The van der Waals surface area contributed by atoms with Crippen LogP contribution in [0.1, 0.15) is 140 Å². The molecule has 0 bridgehead atoms. The Hall–Kier alpha value is -1.30. The highest BCUT2D eigenvalue weighted by atomic mass is 14.2. The fourth-order valence-electron chi connectivity index (χ4n) is 6.03. The molecule has 0 aliphatic heterocycles. The van der Waals surface area contributed by atoms with E-state index < -0.39 is 0 Å². The highest BCUT2D eigenvalue weighted by molar-refractivity contribution is 5.86. The zero-order valence-electron chi connectivity index (χ0n) is 21.1. The lowest BCUT2D eigenvalue weighted by Crippen LogP contribution is -2.09. The van der Waals surface area contributed by atoms with Crippen LogP contribution in [0, 0.1) is 5.92 Å². The minimum absolute atomic E-state index is 0.751. The molecule has 0 nitrogen and oxygen atoms in total. The van der Waals surface area contributed by atoms with Crippen molar-refractivity contribution in [3.05, 3.63) is 48.0 Å². The second-order valence-corrected chi connectivity index (χ2v) is 10.7. The number of fused-ring (bicyclic) bond motifs is 1. The van der Waals surface area contributed by atoms with Gasteiger partial charge in [0.15, 0.2) is 0 Å². The van der Waals surface area contributed by atoms with Gasteiger partial charge in [-0.25, -0.2) is 0 Å². The smallest absolute Gasteiger partial charge is 0.0149 e. The van der Waals surface area contributed by atoms with E-state index in [2.05, 4.69) is 49.4 Å². The molecule has 2 aromatic rings. The van der Waals surface area contributed by atoms with E-state index in [0.29, 0.717) is 0 Å². The Morgan fingerprint density at radius 2 is 1.28 bits per heavy atom. The van der Waals surface area contributed by atoms with Crippen LogP contribution in [0.2, 0.25) is 0 Å². The molecule has 0 aromatic heterocycles. The van der Waals surface area contributed by atoms with E-state index in [4.69, 9.17) is 0 Å². The van der Waals surface area contributed by atoms with Gasteiger partial charge in [-0.15, -0.1) is 0 Å². The average Bonchev–Trinajstić information content (AvgIpc) is 2.85. The fourth-order valence-corrected chi connectivity index (χ4v) is 6.03. The Labute approximate surface area is 199 Å². The van der Waals surface area contributed by atoms with Gasteiger partial charge in [-0.2, -0.15) is 0 Å². The van der Waals surface area contributed by atoms with E-state index in [1.807, 2.05) is 0 Å². The molecule has 0 saturated heterocycles.